The zero-order valence-electron chi connectivity index (χ0n) is 16.3. The molecule has 2 heterocycles. The summed E-state index contributed by atoms with van der Waals surface area (Å²) in [5.74, 6) is 2.34. The van der Waals surface area contributed by atoms with Gasteiger partial charge in [-0.1, -0.05) is 0 Å². The Kier molecular flexibility index (Phi) is 5.26. The number of fused-ring (bicyclic) bond motifs is 1. The van der Waals surface area contributed by atoms with E-state index in [2.05, 4.69) is 10.3 Å². The second-order valence-electron chi connectivity index (χ2n) is 6.32. The molecule has 1 aliphatic heterocycles. The third kappa shape index (κ3) is 3.84. The van der Waals surface area contributed by atoms with Gasteiger partial charge in [-0.15, -0.1) is 11.3 Å². The Bertz CT molecular complexity index is 1060. The van der Waals surface area contributed by atoms with Crippen LogP contribution in [-0.2, 0) is 0 Å². The summed E-state index contributed by atoms with van der Waals surface area (Å²) in [7, 11) is 3.17. The lowest BCUT2D eigenvalue weighted by molar-refractivity contribution is 0.102. The summed E-state index contributed by atoms with van der Waals surface area (Å²) in [5.41, 5.74) is 2.16. The average molecular weight is 412 g/mol. The highest BCUT2D eigenvalue weighted by Gasteiger charge is 2.19. The summed E-state index contributed by atoms with van der Waals surface area (Å²) in [4.78, 5) is 17.9. The van der Waals surface area contributed by atoms with Crippen LogP contribution >= 0.6 is 11.3 Å². The lowest BCUT2D eigenvalue weighted by atomic mass is 10.2. The van der Waals surface area contributed by atoms with Crippen LogP contribution in [0.25, 0.3) is 10.6 Å². The number of nitrogens with zero attached hydrogens (tertiary/aromatic N) is 1. The fraction of sp³-hybridized carbons (Fsp3) is 0.238. The van der Waals surface area contributed by atoms with Crippen molar-refractivity contribution < 1.29 is 23.7 Å². The molecule has 29 heavy (non-hydrogen) atoms. The molecule has 1 aliphatic rings. The number of amides is 1. The molecule has 1 amide bonds. The minimum absolute atomic E-state index is 0.219. The van der Waals surface area contributed by atoms with Crippen molar-refractivity contribution in [3.8, 4) is 33.6 Å². The third-order valence-electron chi connectivity index (χ3n) is 4.43. The van der Waals surface area contributed by atoms with Crippen molar-refractivity contribution in [2.45, 2.75) is 6.92 Å². The summed E-state index contributed by atoms with van der Waals surface area (Å²) in [6, 6.07) is 10.9. The van der Waals surface area contributed by atoms with Crippen molar-refractivity contribution in [1.82, 2.24) is 4.98 Å². The number of methoxy groups -OCH3 is 2. The van der Waals surface area contributed by atoms with Crippen LogP contribution in [-0.4, -0.2) is 38.3 Å². The number of hydrogen-bond donors (Lipinski definition) is 1. The minimum Gasteiger partial charge on any atom is -0.493 e. The standard InChI is InChI=1S/C21H20N2O5S/c1-12-19(20(24)23-14-5-7-16-18(11-14)28-9-8-27-16)29-21(22-12)13-4-6-15(25-2)17(10-13)26-3/h4-7,10-11H,8-9H2,1-3H3,(H,23,24). The van der Waals surface area contributed by atoms with E-state index in [4.69, 9.17) is 18.9 Å². The predicted molar refractivity (Wildman–Crippen MR) is 111 cm³/mol. The largest absolute Gasteiger partial charge is 0.493 e. The number of nitrogens with one attached hydrogen (secondary N) is 1. The quantitative estimate of drug-likeness (QED) is 0.678. The first-order valence-electron chi connectivity index (χ1n) is 9.00. The second kappa shape index (κ2) is 8.00. The summed E-state index contributed by atoms with van der Waals surface area (Å²) < 4.78 is 21.7. The van der Waals surface area contributed by atoms with E-state index in [1.807, 2.05) is 25.1 Å². The van der Waals surface area contributed by atoms with Gasteiger partial charge in [0.1, 0.15) is 23.1 Å². The van der Waals surface area contributed by atoms with E-state index in [0.29, 0.717) is 52.5 Å². The molecule has 0 radical (unpaired) electrons. The van der Waals surface area contributed by atoms with E-state index < -0.39 is 0 Å². The molecular formula is C21H20N2O5S. The molecule has 0 aliphatic carbocycles. The number of aromatic nitrogens is 1. The van der Waals surface area contributed by atoms with Gasteiger partial charge in [-0.3, -0.25) is 4.79 Å². The number of rotatable bonds is 5. The number of carbonyl (C=O) groups excluding carboxylic acids is 1. The van der Waals surface area contributed by atoms with Gasteiger partial charge in [0.2, 0.25) is 0 Å². The Morgan fingerprint density at radius 1 is 1.03 bits per heavy atom. The molecular weight excluding hydrogens is 392 g/mol. The Balaban J connectivity index is 1.57. The maximum Gasteiger partial charge on any atom is 0.267 e. The van der Waals surface area contributed by atoms with Crippen molar-refractivity contribution in [2.24, 2.45) is 0 Å². The molecule has 1 N–H and O–H groups in total. The highest BCUT2D eigenvalue weighted by molar-refractivity contribution is 7.17. The van der Waals surface area contributed by atoms with E-state index >= 15 is 0 Å². The van der Waals surface area contributed by atoms with Crippen LogP contribution in [0, 0.1) is 6.92 Å². The smallest absolute Gasteiger partial charge is 0.267 e. The first-order chi connectivity index (χ1) is 14.1. The molecule has 1 aromatic heterocycles. The number of carbonyl (C=O) groups is 1. The van der Waals surface area contributed by atoms with E-state index in [1.165, 1.54) is 11.3 Å². The molecule has 3 aromatic rings. The van der Waals surface area contributed by atoms with Gasteiger partial charge >= 0.3 is 0 Å². The topological polar surface area (TPSA) is 78.9 Å². The third-order valence-corrected chi connectivity index (χ3v) is 5.64. The summed E-state index contributed by atoms with van der Waals surface area (Å²) in [5, 5.41) is 3.64. The fourth-order valence-electron chi connectivity index (χ4n) is 3.01. The zero-order valence-corrected chi connectivity index (χ0v) is 17.1. The van der Waals surface area contributed by atoms with Crippen LogP contribution in [0.1, 0.15) is 15.4 Å². The Morgan fingerprint density at radius 2 is 1.79 bits per heavy atom. The fourth-order valence-corrected chi connectivity index (χ4v) is 3.97. The van der Waals surface area contributed by atoms with E-state index in [1.54, 1.807) is 32.4 Å². The Morgan fingerprint density at radius 3 is 2.55 bits per heavy atom. The van der Waals surface area contributed by atoms with Crippen molar-refractivity contribution in [3.63, 3.8) is 0 Å². The molecule has 0 spiro atoms. The predicted octanol–water partition coefficient (Wildman–Crippen LogP) is 4.16. The van der Waals surface area contributed by atoms with Gasteiger partial charge in [0.15, 0.2) is 23.0 Å². The van der Waals surface area contributed by atoms with Crippen LogP contribution in [0.15, 0.2) is 36.4 Å². The molecule has 0 atom stereocenters. The molecule has 0 saturated carbocycles. The van der Waals surface area contributed by atoms with E-state index in [0.717, 1.165) is 10.6 Å². The van der Waals surface area contributed by atoms with Gasteiger partial charge in [0, 0.05) is 17.3 Å². The number of benzene rings is 2. The normalized spacial score (nSPS) is 12.4. The first-order valence-corrected chi connectivity index (χ1v) is 9.81. The molecule has 0 unspecified atom stereocenters. The second-order valence-corrected chi connectivity index (χ2v) is 7.31. The van der Waals surface area contributed by atoms with Gasteiger partial charge in [0.25, 0.3) is 5.91 Å². The summed E-state index contributed by atoms with van der Waals surface area (Å²) in [6.45, 7) is 2.84. The van der Waals surface area contributed by atoms with Crippen LogP contribution in [0.4, 0.5) is 5.69 Å². The Labute approximate surface area is 172 Å². The molecule has 7 nitrogen and oxygen atoms in total. The number of ether oxygens (including phenoxy) is 4. The van der Waals surface area contributed by atoms with Crippen LogP contribution in [0.3, 0.4) is 0 Å². The molecule has 150 valence electrons. The maximum atomic E-state index is 12.8. The molecule has 2 aromatic carbocycles. The van der Waals surface area contributed by atoms with Gasteiger partial charge in [-0.05, 0) is 37.3 Å². The molecule has 0 bridgehead atoms. The van der Waals surface area contributed by atoms with Gasteiger partial charge < -0.3 is 24.3 Å². The maximum absolute atomic E-state index is 12.8. The minimum atomic E-state index is -0.219. The van der Waals surface area contributed by atoms with Crippen molar-refractivity contribution in [3.05, 3.63) is 47.0 Å². The molecule has 4 rings (SSSR count). The van der Waals surface area contributed by atoms with Crippen molar-refractivity contribution in [2.75, 3.05) is 32.8 Å². The van der Waals surface area contributed by atoms with E-state index in [9.17, 15) is 4.79 Å². The van der Waals surface area contributed by atoms with Crippen molar-refractivity contribution >= 4 is 22.9 Å². The first kappa shape index (κ1) is 19.1. The van der Waals surface area contributed by atoms with Crippen molar-refractivity contribution in [1.29, 1.82) is 0 Å². The monoisotopic (exact) mass is 412 g/mol. The van der Waals surface area contributed by atoms with E-state index in [-0.39, 0.29) is 5.91 Å². The number of anilines is 1. The highest BCUT2D eigenvalue weighted by atomic mass is 32.1. The van der Waals surface area contributed by atoms with Gasteiger partial charge in [-0.25, -0.2) is 4.98 Å². The molecule has 0 fully saturated rings. The number of hydrogen-bond acceptors (Lipinski definition) is 7. The zero-order chi connectivity index (χ0) is 20.4. The lowest BCUT2D eigenvalue weighted by Crippen LogP contribution is -2.16. The van der Waals surface area contributed by atoms with Crippen LogP contribution in [0.2, 0.25) is 0 Å². The lowest BCUT2D eigenvalue weighted by Gasteiger charge is -2.18. The molecule has 8 heteroatoms. The highest BCUT2D eigenvalue weighted by Crippen LogP contribution is 2.36. The molecule has 0 saturated heterocycles. The number of thiazole rings is 1. The summed E-state index contributed by atoms with van der Waals surface area (Å²) in [6.07, 6.45) is 0. The average Bonchev–Trinajstić information content (AvgIpc) is 3.15. The summed E-state index contributed by atoms with van der Waals surface area (Å²) >= 11 is 1.33. The number of aryl methyl sites for hydroxylation is 1. The van der Waals surface area contributed by atoms with Crippen LogP contribution in [0.5, 0.6) is 23.0 Å². The Hall–Kier alpha value is -3.26. The van der Waals surface area contributed by atoms with Gasteiger partial charge in [-0.2, -0.15) is 0 Å². The van der Waals surface area contributed by atoms with Gasteiger partial charge in [0.05, 0.1) is 19.9 Å². The SMILES string of the molecule is COc1ccc(-c2nc(C)c(C(=O)Nc3ccc4c(c3)OCCO4)s2)cc1OC. The van der Waals surface area contributed by atoms with Crippen LogP contribution < -0.4 is 24.3 Å².